The van der Waals surface area contributed by atoms with Gasteiger partial charge in [0.2, 0.25) is 5.13 Å². The summed E-state index contributed by atoms with van der Waals surface area (Å²) in [4.78, 5) is 29.2. The largest absolute Gasteiger partial charge is 0.496 e. The van der Waals surface area contributed by atoms with Crippen LogP contribution in [0.25, 0.3) is 11.1 Å². The van der Waals surface area contributed by atoms with E-state index in [1.165, 1.54) is 0 Å². The third-order valence-corrected chi connectivity index (χ3v) is 5.75. The van der Waals surface area contributed by atoms with Crippen LogP contribution in [-0.2, 0) is 9.53 Å². The van der Waals surface area contributed by atoms with Crippen molar-refractivity contribution < 1.29 is 23.8 Å². The van der Waals surface area contributed by atoms with Crippen molar-refractivity contribution in [2.45, 2.75) is 18.9 Å². The summed E-state index contributed by atoms with van der Waals surface area (Å²) in [5, 5.41) is 13.9. The fraction of sp³-hybridized carbons (Fsp3) is 0.318. The maximum Gasteiger partial charge on any atom is 0.296 e. The summed E-state index contributed by atoms with van der Waals surface area (Å²) < 4.78 is 16.1. The molecule has 0 spiro atoms. The number of amides is 2. The molecule has 3 aromatic rings. The second-order valence-corrected chi connectivity index (χ2v) is 8.13. The van der Waals surface area contributed by atoms with Crippen molar-refractivity contribution in [1.29, 1.82) is 0 Å². The minimum absolute atomic E-state index is 0.0944. The van der Waals surface area contributed by atoms with E-state index in [1.54, 1.807) is 25.6 Å². The van der Waals surface area contributed by atoms with Crippen LogP contribution in [0.3, 0.4) is 0 Å². The smallest absolute Gasteiger partial charge is 0.296 e. The maximum absolute atomic E-state index is 12.9. The zero-order chi connectivity index (χ0) is 23.0. The number of pyridine rings is 1. The second kappa shape index (κ2) is 10.8. The zero-order valence-electron chi connectivity index (χ0n) is 17.9. The molecule has 1 aromatic carbocycles. The first-order valence-corrected chi connectivity index (χ1v) is 11.2. The number of carbonyl (C=O) groups is 2. The lowest BCUT2D eigenvalue weighted by atomic mass is 10.0. The van der Waals surface area contributed by atoms with E-state index in [9.17, 15) is 9.59 Å². The Kier molecular flexibility index (Phi) is 7.43. The fourth-order valence-corrected chi connectivity index (χ4v) is 3.99. The quantitative estimate of drug-likeness (QED) is 0.516. The van der Waals surface area contributed by atoms with Crippen LogP contribution in [0, 0.1) is 0 Å². The van der Waals surface area contributed by atoms with Gasteiger partial charge in [0.15, 0.2) is 6.61 Å². The van der Waals surface area contributed by atoms with E-state index in [4.69, 9.17) is 14.2 Å². The number of rotatable bonds is 8. The Bertz CT molecular complexity index is 1120. The Morgan fingerprint density at radius 2 is 1.97 bits per heavy atom. The molecule has 0 radical (unpaired) electrons. The van der Waals surface area contributed by atoms with Gasteiger partial charge in [0.05, 0.1) is 12.7 Å². The predicted molar refractivity (Wildman–Crippen MR) is 122 cm³/mol. The molecule has 1 aliphatic heterocycles. The molecule has 172 valence electrons. The van der Waals surface area contributed by atoms with E-state index in [2.05, 4.69) is 25.8 Å². The molecule has 10 nitrogen and oxygen atoms in total. The highest BCUT2D eigenvalue weighted by atomic mass is 32.1. The van der Waals surface area contributed by atoms with E-state index in [-0.39, 0.29) is 34.8 Å². The Hall–Kier alpha value is -3.57. The van der Waals surface area contributed by atoms with Crippen molar-refractivity contribution in [3.8, 4) is 22.1 Å². The highest BCUT2D eigenvalue weighted by Crippen LogP contribution is 2.32. The number of hydrogen-bond donors (Lipinski definition) is 2. The van der Waals surface area contributed by atoms with Crippen molar-refractivity contribution in [1.82, 2.24) is 20.5 Å². The number of anilines is 1. The highest BCUT2D eigenvalue weighted by Gasteiger charge is 2.19. The van der Waals surface area contributed by atoms with Crippen LogP contribution in [0.15, 0.2) is 42.7 Å². The summed E-state index contributed by atoms with van der Waals surface area (Å²) >= 11 is 1.04. The van der Waals surface area contributed by atoms with Crippen molar-refractivity contribution in [2.24, 2.45) is 0 Å². The SMILES string of the molecule is COc1ccccc1-c1cnccc1C(=O)Nc1nnc(OCC(=O)NC2CCOCC2)s1. The number of benzene rings is 1. The molecule has 0 aliphatic carbocycles. The highest BCUT2D eigenvalue weighted by molar-refractivity contribution is 7.17. The van der Waals surface area contributed by atoms with Crippen LogP contribution in [0.1, 0.15) is 23.2 Å². The number of aromatic nitrogens is 3. The molecule has 1 aliphatic rings. The summed E-state index contributed by atoms with van der Waals surface area (Å²) in [5.41, 5.74) is 1.77. The molecule has 4 rings (SSSR count). The van der Waals surface area contributed by atoms with E-state index < -0.39 is 0 Å². The molecule has 0 unspecified atom stereocenters. The Balaban J connectivity index is 1.38. The summed E-state index contributed by atoms with van der Waals surface area (Å²) in [6, 6.07) is 9.10. The van der Waals surface area contributed by atoms with Gasteiger partial charge >= 0.3 is 0 Å². The van der Waals surface area contributed by atoms with Crippen LogP contribution >= 0.6 is 11.3 Å². The average molecular weight is 470 g/mol. The van der Waals surface area contributed by atoms with Crippen LogP contribution < -0.4 is 20.1 Å². The van der Waals surface area contributed by atoms with Crippen molar-refractivity contribution in [2.75, 3.05) is 32.2 Å². The Morgan fingerprint density at radius 3 is 2.79 bits per heavy atom. The molecule has 0 saturated carbocycles. The molecule has 33 heavy (non-hydrogen) atoms. The van der Waals surface area contributed by atoms with Gasteiger partial charge in [-0.25, -0.2) is 0 Å². The number of nitrogens with zero attached hydrogens (tertiary/aromatic N) is 3. The summed E-state index contributed by atoms with van der Waals surface area (Å²) in [6.45, 7) is 1.10. The van der Waals surface area contributed by atoms with E-state index in [1.807, 2.05) is 24.3 Å². The van der Waals surface area contributed by atoms with Gasteiger partial charge in [0.25, 0.3) is 17.0 Å². The molecule has 1 fully saturated rings. The fourth-order valence-electron chi connectivity index (χ4n) is 3.40. The molecule has 2 aromatic heterocycles. The summed E-state index contributed by atoms with van der Waals surface area (Å²) in [6.07, 6.45) is 4.72. The molecule has 3 heterocycles. The van der Waals surface area contributed by atoms with Crippen LogP contribution in [0.5, 0.6) is 10.9 Å². The second-order valence-electron chi connectivity index (χ2n) is 7.19. The summed E-state index contributed by atoms with van der Waals surface area (Å²) in [7, 11) is 1.57. The number of methoxy groups -OCH3 is 1. The number of ether oxygens (including phenoxy) is 3. The lowest BCUT2D eigenvalue weighted by Gasteiger charge is -2.22. The number of carbonyl (C=O) groups excluding carboxylic acids is 2. The van der Waals surface area contributed by atoms with Crippen LogP contribution in [0.4, 0.5) is 5.13 Å². The molecule has 11 heteroatoms. The van der Waals surface area contributed by atoms with E-state index >= 15 is 0 Å². The van der Waals surface area contributed by atoms with Gasteiger partial charge < -0.3 is 19.5 Å². The Morgan fingerprint density at radius 1 is 1.15 bits per heavy atom. The predicted octanol–water partition coefficient (Wildman–Crippen LogP) is 2.53. The number of para-hydroxylation sites is 1. The van der Waals surface area contributed by atoms with Crippen molar-refractivity contribution >= 4 is 28.3 Å². The van der Waals surface area contributed by atoms with Gasteiger partial charge in [-0.15, -0.1) is 5.10 Å². The van der Waals surface area contributed by atoms with Gasteiger partial charge in [-0.2, -0.15) is 0 Å². The standard InChI is InChI=1S/C22H23N5O5S/c1-30-18-5-3-2-4-15(18)17-12-23-9-6-16(17)20(29)25-21-26-27-22(33-21)32-13-19(28)24-14-7-10-31-11-8-14/h2-6,9,12,14H,7-8,10-11,13H2,1H3,(H,24,28)(H,25,26,29). The van der Waals surface area contributed by atoms with Gasteiger partial charge in [-0.05, 0) is 36.3 Å². The van der Waals surface area contributed by atoms with Gasteiger partial charge in [0, 0.05) is 42.8 Å². The minimum atomic E-state index is -0.377. The summed E-state index contributed by atoms with van der Waals surface area (Å²) in [5.74, 6) is 0.0179. The van der Waals surface area contributed by atoms with Crippen molar-refractivity contribution in [3.63, 3.8) is 0 Å². The molecule has 2 N–H and O–H groups in total. The average Bonchev–Trinajstić information content (AvgIpc) is 3.30. The maximum atomic E-state index is 12.9. The molecule has 1 saturated heterocycles. The first-order valence-electron chi connectivity index (χ1n) is 10.4. The van der Waals surface area contributed by atoms with Gasteiger partial charge in [-0.3, -0.25) is 19.9 Å². The molecular weight excluding hydrogens is 446 g/mol. The van der Waals surface area contributed by atoms with E-state index in [0.29, 0.717) is 30.1 Å². The van der Waals surface area contributed by atoms with Crippen LogP contribution in [-0.4, -0.2) is 60.0 Å². The first-order chi connectivity index (χ1) is 16.1. The zero-order valence-corrected chi connectivity index (χ0v) is 18.8. The topological polar surface area (TPSA) is 125 Å². The molecular formula is C22H23N5O5S. The molecule has 2 amide bonds. The lowest BCUT2D eigenvalue weighted by Crippen LogP contribution is -2.41. The van der Waals surface area contributed by atoms with Gasteiger partial charge in [-0.1, -0.05) is 23.3 Å². The first kappa shape index (κ1) is 22.6. The van der Waals surface area contributed by atoms with Crippen LogP contribution in [0.2, 0.25) is 0 Å². The van der Waals surface area contributed by atoms with Crippen molar-refractivity contribution in [3.05, 3.63) is 48.3 Å². The monoisotopic (exact) mass is 469 g/mol. The third kappa shape index (κ3) is 5.82. The number of nitrogens with one attached hydrogen (secondary N) is 2. The molecule has 0 atom stereocenters. The van der Waals surface area contributed by atoms with E-state index in [0.717, 1.165) is 29.7 Å². The Labute approximate surface area is 194 Å². The van der Waals surface area contributed by atoms with Gasteiger partial charge in [0.1, 0.15) is 5.75 Å². The normalized spacial score (nSPS) is 13.8. The lowest BCUT2D eigenvalue weighted by molar-refractivity contribution is -0.124. The third-order valence-electron chi connectivity index (χ3n) is 5.00. The molecule has 0 bridgehead atoms. The minimum Gasteiger partial charge on any atom is -0.496 e. The number of hydrogen-bond acceptors (Lipinski definition) is 9.